The van der Waals surface area contributed by atoms with Crippen molar-refractivity contribution in [2.45, 2.75) is 63.3 Å². The number of rotatable bonds is 5. The fraction of sp³-hybridized carbons (Fsp3) is 0.524. The molecule has 7 heteroatoms. The molecular formula is C21H26N4O2S. The van der Waals surface area contributed by atoms with Crippen molar-refractivity contribution >= 4 is 28.3 Å². The van der Waals surface area contributed by atoms with Crippen LogP contribution in [-0.4, -0.2) is 39.0 Å². The highest BCUT2D eigenvalue weighted by atomic mass is 32.1. The van der Waals surface area contributed by atoms with E-state index in [-0.39, 0.29) is 17.7 Å². The molecule has 2 amide bonds. The highest BCUT2D eigenvalue weighted by Gasteiger charge is 2.54. The Morgan fingerprint density at radius 3 is 2.79 bits per heavy atom. The van der Waals surface area contributed by atoms with Gasteiger partial charge in [-0.2, -0.15) is 0 Å². The molecule has 1 N–H and O–H groups in total. The van der Waals surface area contributed by atoms with Gasteiger partial charge in [-0.1, -0.05) is 62.1 Å². The van der Waals surface area contributed by atoms with Gasteiger partial charge in [0.15, 0.2) is 0 Å². The molecule has 0 radical (unpaired) electrons. The second-order valence-corrected chi connectivity index (χ2v) is 8.56. The first kappa shape index (κ1) is 19.1. The summed E-state index contributed by atoms with van der Waals surface area (Å²) in [6.07, 6.45) is 6.94. The molecule has 1 aliphatic carbocycles. The van der Waals surface area contributed by atoms with Gasteiger partial charge in [0.05, 0.1) is 11.5 Å². The molecule has 0 bridgehead atoms. The molecule has 1 aromatic carbocycles. The van der Waals surface area contributed by atoms with Crippen LogP contribution in [0, 0.1) is 0 Å². The highest BCUT2D eigenvalue weighted by Crippen LogP contribution is 2.49. The van der Waals surface area contributed by atoms with Gasteiger partial charge in [-0.15, -0.1) is 10.2 Å². The number of fused-ring (bicyclic) bond motifs is 1. The summed E-state index contributed by atoms with van der Waals surface area (Å²) < 4.78 is 0. The molecule has 1 fully saturated rings. The van der Waals surface area contributed by atoms with Gasteiger partial charge in [0.1, 0.15) is 5.51 Å². The van der Waals surface area contributed by atoms with E-state index in [0.717, 1.165) is 50.5 Å². The zero-order valence-electron chi connectivity index (χ0n) is 16.2. The zero-order valence-corrected chi connectivity index (χ0v) is 17.0. The number of carbonyl (C=O) groups is 2. The van der Waals surface area contributed by atoms with Crippen LogP contribution in [0.25, 0.3) is 0 Å². The van der Waals surface area contributed by atoms with E-state index in [0.29, 0.717) is 17.2 Å². The van der Waals surface area contributed by atoms with E-state index in [2.05, 4.69) is 22.4 Å². The summed E-state index contributed by atoms with van der Waals surface area (Å²) >= 11 is 1.31. The number of anilines is 1. The van der Waals surface area contributed by atoms with Crippen molar-refractivity contribution in [1.82, 2.24) is 15.1 Å². The van der Waals surface area contributed by atoms with Crippen molar-refractivity contribution < 1.29 is 9.59 Å². The van der Waals surface area contributed by atoms with Crippen molar-refractivity contribution in [2.75, 3.05) is 11.9 Å². The van der Waals surface area contributed by atoms with Crippen LogP contribution >= 0.6 is 11.3 Å². The number of nitrogens with zero attached hydrogens (tertiary/aromatic N) is 3. The van der Waals surface area contributed by atoms with Crippen LogP contribution in [0.2, 0.25) is 0 Å². The largest absolute Gasteiger partial charge is 0.332 e. The number of hydrogen-bond donors (Lipinski definition) is 1. The number of hydrogen-bond acceptors (Lipinski definition) is 5. The predicted molar refractivity (Wildman–Crippen MR) is 109 cm³/mol. The lowest BCUT2D eigenvalue weighted by molar-refractivity contribution is -0.122. The van der Waals surface area contributed by atoms with E-state index in [1.165, 1.54) is 11.3 Å². The maximum atomic E-state index is 13.5. The molecule has 6 nitrogen and oxygen atoms in total. The second-order valence-electron chi connectivity index (χ2n) is 7.73. The SMILES string of the molecule is CCCCN1C(=O)c2ccccc2[C@@H](C(=O)Nc2nncs2)C12CCCCC2. The average Bonchev–Trinajstić information content (AvgIpc) is 3.22. The minimum Gasteiger partial charge on any atom is -0.332 e. The molecule has 28 heavy (non-hydrogen) atoms. The topological polar surface area (TPSA) is 75.2 Å². The number of nitrogens with one attached hydrogen (secondary N) is 1. The maximum absolute atomic E-state index is 13.5. The summed E-state index contributed by atoms with van der Waals surface area (Å²) in [5.41, 5.74) is 2.67. The van der Waals surface area contributed by atoms with Gasteiger partial charge in [0, 0.05) is 12.1 Å². The first-order chi connectivity index (χ1) is 13.7. The molecule has 1 spiro atoms. The van der Waals surface area contributed by atoms with Gasteiger partial charge in [-0.3, -0.25) is 14.9 Å². The summed E-state index contributed by atoms with van der Waals surface area (Å²) in [7, 11) is 0. The van der Waals surface area contributed by atoms with Crippen LogP contribution < -0.4 is 5.32 Å². The number of unbranched alkanes of at least 4 members (excludes halogenated alkanes) is 1. The van der Waals surface area contributed by atoms with Crippen LogP contribution in [0.5, 0.6) is 0 Å². The normalized spacial score (nSPS) is 20.8. The lowest BCUT2D eigenvalue weighted by Gasteiger charge is -2.53. The van der Waals surface area contributed by atoms with Gasteiger partial charge >= 0.3 is 0 Å². The van der Waals surface area contributed by atoms with Crippen LogP contribution in [0.1, 0.15) is 73.7 Å². The Bertz CT molecular complexity index is 846. The standard InChI is InChI=1S/C21H26N4O2S/c1-2-3-13-25-19(27)16-10-6-5-9-15(16)17(21(25)11-7-4-8-12-21)18(26)23-20-24-22-14-28-20/h5-6,9-10,14,17H,2-4,7-8,11-13H2,1H3,(H,23,24,26)/t17-/m0/s1. The second kappa shape index (κ2) is 7.99. The number of carbonyl (C=O) groups excluding carboxylic acids is 2. The van der Waals surface area contributed by atoms with Crippen LogP contribution in [0.4, 0.5) is 5.13 Å². The Morgan fingerprint density at radius 2 is 2.07 bits per heavy atom. The highest BCUT2D eigenvalue weighted by molar-refractivity contribution is 7.13. The summed E-state index contributed by atoms with van der Waals surface area (Å²) in [6.45, 7) is 2.84. The van der Waals surface area contributed by atoms with Crippen molar-refractivity contribution in [3.05, 3.63) is 40.9 Å². The third-order valence-electron chi connectivity index (χ3n) is 6.13. The average molecular weight is 399 g/mol. The fourth-order valence-corrected chi connectivity index (χ4v) is 5.34. The van der Waals surface area contributed by atoms with Gasteiger partial charge in [-0.05, 0) is 30.9 Å². The zero-order chi connectivity index (χ0) is 19.6. The van der Waals surface area contributed by atoms with E-state index in [1.54, 1.807) is 5.51 Å². The van der Waals surface area contributed by atoms with Crippen LogP contribution in [-0.2, 0) is 4.79 Å². The van der Waals surface area contributed by atoms with Gasteiger partial charge in [-0.25, -0.2) is 0 Å². The molecule has 0 saturated heterocycles. The lowest BCUT2D eigenvalue weighted by atomic mass is 9.65. The summed E-state index contributed by atoms with van der Waals surface area (Å²) in [5.74, 6) is -0.395. The molecule has 148 valence electrons. The number of aromatic nitrogens is 2. The van der Waals surface area contributed by atoms with Crippen molar-refractivity contribution in [1.29, 1.82) is 0 Å². The minimum atomic E-state index is -0.451. The molecule has 2 aliphatic rings. The van der Waals surface area contributed by atoms with Crippen molar-refractivity contribution in [3.63, 3.8) is 0 Å². The molecule has 2 aromatic rings. The summed E-state index contributed by atoms with van der Waals surface area (Å²) in [6, 6.07) is 7.62. The fourth-order valence-electron chi connectivity index (χ4n) is 4.89. The first-order valence-electron chi connectivity index (χ1n) is 10.2. The molecular weight excluding hydrogens is 372 g/mol. The molecule has 0 unspecified atom stereocenters. The Hall–Kier alpha value is -2.28. The maximum Gasteiger partial charge on any atom is 0.254 e. The molecule has 1 saturated carbocycles. The summed E-state index contributed by atoms with van der Waals surface area (Å²) in [5, 5.41) is 11.3. The monoisotopic (exact) mass is 398 g/mol. The van der Waals surface area contributed by atoms with Gasteiger partial charge in [0.25, 0.3) is 5.91 Å². The lowest BCUT2D eigenvalue weighted by Crippen LogP contribution is -2.62. The van der Waals surface area contributed by atoms with Crippen LogP contribution in [0.3, 0.4) is 0 Å². The van der Waals surface area contributed by atoms with E-state index in [4.69, 9.17) is 0 Å². The van der Waals surface area contributed by atoms with Crippen molar-refractivity contribution in [3.8, 4) is 0 Å². The molecule has 1 aliphatic heterocycles. The Labute approximate surface area is 169 Å². The third kappa shape index (κ3) is 3.21. The van der Waals surface area contributed by atoms with Crippen LogP contribution in [0.15, 0.2) is 29.8 Å². The Balaban J connectivity index is 1.81. The predicted octanol–water partition coefficient (Wildman–Crippen LogP) is 4.22. The number of amides is 2. The van der Waals surface area contributed by atoms with E-state index >= 15 is 0 Å². The molecule has 2 heterocycles. The Kier molecular flexibility index (Phi) is 5.44. The quantitative estimate of drug-likeness (QED) is 0.818. The van der Waals surface area contributed by atoms with Gasteiger partial charge in [0.2, 0.25) is 11.0 Å². The molecule has 1 aromatic heterocycles. The smallest absolute Gasteiger partial charge is 0.254 e. The minimum absolute atomic E-state index is 0.0749. The van der Waals surface area contributed by atoms with E-state index in [1.807, 2.05) is 29.2 Å². The molecule has 4 rings (SSSR count). The van der Waals surface area contributed by atoms with E-state index < -0.39 is 5.54 Å². The first-order valence-corrected chi connectivity index (χ1v) is 11.0. The van der Waals surface area contributed by atoms with Gasteiger partial charge < -0.3 is 4.90 Å². The van der Waals surface area contributed by atoms with Crippen molar-refractivity contribution in [2.24, 2.45) is 0 Å². The third-order valence-corrected chi connectivity index (χ3v) is 6.74. The van der Waals surface area contributed by atoms with E-state index in [9.17, 15) is 9.59 Å². The number of benzene rings is 1. The summed E-state index contributed by atoms with van der Waals surface area (Å²) in [4.78, 5) is 29.0. The molecule has 1 atom stereocenters. The Morgan fingerprint density at radius 1 is 1.29 bits per heavy atom.